The highest BCUT2D eigenvalue weighted by molar-refractivity contribution is 5.78. The van der Waals surface area contributed by atoms with E-state index in [2.05, 4.69) is 72.3 Å². The summed E-state index contributed by atoms with van der Waals surface area (Å²) in [4.78, 5) is 17.1. The van der Waals surface area contributed by atoms with Crippen LogP contribution in [0.15, 0.2) is 78.9 Å². The Morgan fingerprint density at radius 2 is 1.63 bits per heavy atom. The molecule has 0 fully saturated rings. The number of aryl methyl sites for hydroxylation is 2. The third-order valence-electron chi connectivity index (χ3n) is 6.93. The van der Waals surface area contributed by atoms with Crippen LogP contribution in [0.2, 0.25) is 0 Å². The van der Waals surface area contributed by atoms with Gasteiger partial charge in [-0.05, 0) is 67.0 Å². The first-order valence-electron chi connectivity index (χ1n) is 14.1. The Hall–Kier alpha value is -3.60. The summed E-state index contributed by atoms with van der Waals surface area (Å²) < 4.78 is 8.36. The fourth-order valence-electron chi connectivity index (χ4n) is 4.73. The van der Waals surface area contributed by atoms with Crippen molar-refractivity contribution < 1.29 is 9.53 Å². The predicted octanol–water partition coefficient (Wildman–Crippen LogP) is 7.09. The van der Waals surface area contributed by atoms with Gasteiger partial charge in [-0.3, -0.25) is 4.79 Å². The predicted molar refractivity (Wildman–Crippen MR) is 156 cm³/mol. The number of aromatic nitrogens is 2. The molecular formula is C33H41N3O2. The minimum atomic E-state index is 0.0922. The molecule has 0 atom stereocenters. The monoisotopic (exact) mass is 511 g/mol. The molecule has 1 amide bonds. The van der Waals surface area contributed by atoms with E-state index in [0.29, 0.717) is 12.3 Å². The molecule has 0 aliphatic rings. The fourth-order valence-corrected chi connectivity index (χ4v) is 4.73. The number of para-hydroxylation sites is 2. The second-order valence-electron chi connectivity index (χ2n) is 10.3. The second kappa shape index (κ2) is 14.4. The molecule has 3 aromatic carbocycles. The number of unbranched alkanes of at least 4 members (excludes halogenated alkanes) is 3. The van der Waals surface area contributed by atoms with Crippen LogP contribution in [0.25, 0.3) is 11.0 Å². The lowest BCUT2D eigenvalue weighted by Crippen LogP contribution is -2.26. The van der Waals surface area contributed by atoms with Crippen molar-refractivity contribution in [2.75, 3.05) is 13.2 Å². The van der Waals surface area contributed by atoms with Gasteiger partial charge in [0.15, 0.2) is 0 Å². The van der Waals surface area contributed by atoms with Gasteiger partial charge in [-0.1, -0.05) is 74.9 Å². The Kier molecular flexibility index (Phi) is 10.4. The van der Waals surface area contributed by atoms with Crippen molar-refractivity contribution in [3.8, 4) is 5.75 Å². The van der Waals surface area contributed by atoms with Crippen molar-refractivity contribution in [2.45, 2.75) is 71.3 Å². The van der Waals surface area contributed by atoms with Gasteiger partial charge in [-0.25, -0.2) is 4.98 Å². The number of hydrogen-bond acceptors (Lipinski definition) is 3. The van der Waals surface area contributed by atoms with Crippen LogP contribution in [0.5, 0.6) is 5.75 Å². The lowest BCUT2D eigenvalue weighted by atomic mass is 10.0. The Morgan fingerprint density at radius 3 is 2.42 bits per heavy atom. The zero-order valence-corrected chi connectivity index (χ0v) is 22.9. The number of rotatable bonds is 15. The summed E-state index contributed by atoms with van der Waals surface area (Å²) in [6.07, 6.45) is 6.55. The van der Waals surface area contributed by atoms with E-state index >= 15 is 0 Å². The Labute approximate surface area is 227 Å². The average molecular weight is 512 g/mol. The van der Waals surface area contributed by atoms with Gasteiger partial charge in [0.05, 0.1) is 24.1 Å². The maximum Gasteiger partial charge on any atom is 0.224 e. The number of amides is 1. The van der Waals surface area contributed by atoms with E-state index in [1.165, 1.54) is 11.1 Å². The molecule has 1 aromatic heterocycles. The lowest BCUT2D eigenvalue weighted by molar-refractivity contribution is -0.120. The van der Waals surface area contributed by atoms with Crippen LogP contribution in [-0.2, 0) is 24.2 Å². The quantitative estimate of drug-likeness (QED) is 0.173. The van der Waals surface area contributed by atoms with Gasteiger partial charge in [-0.15, -0.1) is 0 Å². The molecule has 1 N–H and O–H groups in total. The second-order valence-corrected chi connectivity index (χ2v) is 10.3. The molecule has 0 unspecified atom stereocenters. The molecule has 4 aromatic rings. The van der Waals surface area contributed by atoms with Crippen molar-refractivity contribution in [3.05, 3.63) is 95.8 Å². The smallest absolute Gasteiger partial charge is 0.224 e. The van der Waals surface area contributed by atoms with Crippen LogP contribution in [0.1, 0.15) is 68.8 Å². The number of benzene rings is 3. The average Bonchev–Trinajstić information content (AvgIpc) is 3.28. The van der Waals surface area contributed by atoms with Gasteiger partial charge in [0.2, 0.25) is 5.91 Å². The highest BCUT2D eigenvalue weighted by atomic mass is 16.5. The summed E-state index contributed by atoms with van der Waals surface area (Å²) in [6.45, 7) is 6.80. The molecule has 0 bridgehead atoms. The Balaban J connectivity index is 1.18. The number of fused-ring (bicyclic) bond motifs is 1. The van der Waals surface area contributed by atoms with E-state index < -0.39 is 0 Å². The molecular weight excluding hydrogens is 470 g/mol. The van der Waals surface area contributed by atoms with Crippen LogP contribution >= 0.6 is 0 Å². The van der Waals surface area contributed by atoms with Crippen LogP contribution in [0, 0.1) is 0 Å². The van der Waals surface area contributed by atoms with Gasteiger partial charge >= 0.3 is 0 Å². The number of carbonyl (C=O) groups is 1. The zero-order valence-electron chi connectivity index (χ0n) is 22.9. The van der Waals surface area contributed by atoms with E-state index in [9.17, 15) is 4.79 Å². The Morgan fingerprint density at radius 1 is 0.868 bits per heavy atom. The molecule has 0 radical (unpaired) electrons. The Bertz CT molecular complexity index is 1260. The molecule has 38 heavy (non-hydrogen) atoms. The van der Waals surface area contributed by atoms with E-state index in [-0.39, 0.29) is 5.91 Å². The van der Waals surface area contributed by atoms with E-state index in [1.54, 1.807) is 0 Å². The van der Waals surface area contributed by atoms with Crippen molar-refractivity contribution in [2.24, 2.45) is 0 Å². The summed E-state index contributed by atoms with van der Waals surface area (Å²) >= 11 is 0. The number of nitrogens with one attached hydrogen (secondary N) is 1. The summed E-state index contributed by atoms with van der Waals surface area (Å²) in [5, 5.41) is 3.05. The molecule has 0 saturated heterocycles. The molecule has 0 saturated carbocycles. The molecule has 5 nitrogen and oxygen atoms in total. The first-order chi connectivity index (χ1) is 18.6. The zero-order chi connectivity index (χ0) is 26.6. The summed E-state index contributed by atoms with van der Waals surface area (Å²) in [6, 6.07) is 26.8. The van der Waals surface area contributed by atoms with Gasteiger partial charge < -0.3 is 14.6 Å². The van der Waals surface area contributed by atoms with Crippen molar-refractivity contribution in [1.82, 2.24) is 14.9 Å². The molecule has 200 valence electrons. The molecule has 4 rings (SSSR count). The minimum absolute atomic E-state index is 0.0922. The van der Waals surface area contributed by atoms with Crippen molar-refractivity contribution in [3.63, 3.8) is 0 Å². The van der Waals surface area contributed by atoms with Crippen LogP contribution in [0.3, 0.4) is 0 Å². The first-order valence-corrected chi connectivity index (χ1v) is 14.1. The first kappa shape index (κ1) is 27.4. The molecule has 1 heterocycles. The normalized spacial score (nSPS) is 11.2. The largest absolute Gasteiger partial charge is 0.494 e. The lowest BCUT2D eigenvalue weighted by Gasteiger charge is -2.11. The van der Waals surface area contributed by atoms with Crippen molar-refractivity contribution >= 4 is 16.9 Å². The van der Waals surface area contributed by atoms with Crippen LogP contribution in [-0.4, -0.2) is 28.6 Å². The number of carbonyl (C=O) groups excluding carboxylic acids is 1. The van der Waals surface area contributed by atoms with Crippen molar-refractivity contribution in [1.29, 1.82) is 0 Å². The number of hydrogen-bond donors (Lipinski definition) is 1. The summed E-state index contributed by atoms with van der Waals surface area (Å²) in [5.74, 6) is 2.73. The number of ether oxygens (including phenoxy) is 1. The third-order valence-corrected chi connectivity index (χ3v) is 6.93. The number of nitrogens with zero attached hydrogens (tertiary/aromatic N) is 2. The molecule has 0 aliphatic carbocycles. The summed E-state index contributed by atoms with van der Waals surface area (Å²) in [5.41, 5.74) is 4.67. The SMILES string of the molecule is CC(C)c1ccc(OCCCCn2c(CCCCCNC(=O)Cc3ccccc3)nc3ccccc32)cc1. The van der Waals surface area contributed by atoms with Gasteiger partial charge in [0.25, 0.3) is 0 Å². The maximum absolute atomic E-state index is 12.1. The standard InChI is InChI=1S/C33H41N3O2/c1-26(2)28-18-20-29(21-19-28)38-24-12-11-23-36-31-16-9-8-15-30(31)35-32(36)17-7-4-10-22-34-33(37)25-27-13-5-3-6-14-27/h3,5-6,8-9,13-16,18-21,26H,4,7,10-12,17,22-25H2,1-2H3,(H,34,37). The van der Waals surface area contributed by atoms with Crippen LogP contribution in [0.4, 0.5) is 0 Å². The van der Waals surface area contributed by atoms with Gasteiger partial charge in [0, 0.05) is 19.5 Å². The maximum atomic E-state index is 12.1. The molecule has 0 spiro atoms. The third kappa shape index (κ3) is 8.20. The summed E-state index contributed by atoms with van der Waals surface area (Å²) in [7, 11) is 0. The number of imidazole rings is 1. The molecule has 5 heteroatoms. The highest BCUT2D eigenvalue weighted by Crippen LogP contribution is 2.20. The van der Waals surface area contributed by atoms with E-state index in [1.807, 2.05) is 30.3 Å². The minimum Gasteiger partial charge on any atom is -0.494 e. The molecule has 0 aliphatic heterocycles. The fraction of sp³-hybridized carbons (Fsp3) is 0.394. The van der Waals surface area contributed by atoms with E-state index in [4.69, 9.17) is 9.72 Å². The topological polar surface area (TPSA) is 56.1 Å². The van der Waals surface area contributed by atoms with Crippen LogP contribution < -0.4 is 10.1 Å². The van der Waals surface area contributed by atoms with E-state index in [0.717, 1.165) is 80.9 Å². The van der Waals surface area contributed by atoms with Gasteiger partial charge in [0.1, 0.15) is 11.6 Å². The van der Waals surface area contributed by atoms with Gasteiger partial charge in [-0.2, -0.15) is 0 Å². The highest BCUT2D eigenvalue weighted by Gasteiger charge is 2.10.